The smallest absolute Gasteiger partial charge is 0.148 e. The average molecular weight is 262 g/mol. The van der Waals surface area contributed by atoms with Crippen molar-refractivity contribution in [2.24, 2.45) is 5.92 Å². The Balaban J connectivity index is 0.000000181. The van der Waals surface area contributed by atoms with Crippen LogP contribution in [-0.2, 0) is 4.79 Å². The van der Waals surface area contributed by atoms with Crippen LogP contribution in [0.25, 0.3) is 0 Å². The second kappa shape index (κ2) is 9.37. The molecule has 0 amide bonds. The van der Waals surface area contributed by atoms with Crippen LogP contribution in [0.15, 0.2) is 0 Å². The van der Waals surface area contributed by atoms with Crippen molar-refractivity contribution in [1.82, 2.24) is 0 Å². The molecule has 0 spiro atoms. The molecule has 94 valence electrons. The Morgan fingerprint density at radius 1 is 1.00 bits per heavy atom. The van der Waals surface area contributed by atoms with Gasteiger partial charge in [-0.05, 0) is 31.6 Å². The normalized spacial score (nSPS) is 24.1. The largest absolute Gasteiger partial charge is 0.385 e. The molecule has 0 radical (unpaired) electrons. The Kier molecular flexibility index (Phi) is 8.43. The molecule has 0 aromatic rings. The van der Waals surface area contributed by atoms with Gasteiger partial charge in [0.05, 0.1) is 0 Å². The summed E-state index contributed by atoms with van der Waals surface area (Å²) in [5.74, 6) is 3.02. The van der Waals surface area contributed by atoms with Crippen molar-refractivity contribution in [2.75, 3.05) is 11.5 Å². The minimum atomic E-state index is -0.694. The molecule has 16 heavy (non-hydrogen) atoms. The van der Waals surface area contributed by atoms with Crippen molar-refractivity contribution >= 4 is 27.9 Å². The van der Waals surface area contributed by atoms with Gasteiger partial charge >= 0.3 is 0 Å². The molecule has 1 aliphatic heterocycles. The topological polar surface area (TPSA) is 37.3 Å². The molecule has 2 fully saturated rings. The van der Waals surface area contributed by atoms with Crippen LogP contribution in [0.1, 0.15) is 44.9 Å². The molecule has 1 saturated heterocycles. The zero-order chi connectivity index (χ0) is 11.6. The zero-order valence-electron chi connectivity index (χ0n) is 9.77. The first-order valence-corrected chi connectivity index (χ1v) is 8.71. The first kappa shape index (κ1) is 14.4. The Labute approximate surface area is 106 Å². The maximum Gasteiger partial charge on any atom is 0.148 e. The molecule has 2 nitrogen and oxygen atoms in total. The summed E-state index contributed by atoms with van der Waals surface area (Å²) >= 11 is 0. The third kappa shape index (κ3) is 6.16. The molecule has 1 saturated carbocycles. The third-order valence-electron chi connectivity index (χ3n) is 3.06. The lowest BCUT2D eigenvalue weighted by Gasteiger charge is -2.22. The van der Waals surface area contributed by atoms with E-state index >= 15 is 0 Å². The lowest BCUT2D eigenvalue weighted by Crippen LogP contribution is -2.23. The number of aliphatic hydroxyl groups excluding tert-OH is 1. The fourth-order valence-corrected chi connectivity index (χ4v) is 4.32. The number of hydrogen-bond acceptors (Lipinski definition) is 4. The number of carbonyl (C=O) groups is 1. The molecule has 1 heterocycles. The first-order valence-electron chi connectivity index (χ1n) is 6.22. The van der Waals surface area contributed by atoms with E-state index in [4.69, 9.17) is 5.11 Å². The van der Waals surface area contributed by atoms with E-state index in [0.29, 0.717) is 6.29 Å². The number of hydrogen-bond donors (Lipinski definition) is 1. The summed E-state index contributed by atoms with van der Waals surface area (Å²) < 4.78 is 0. The number of aldehydes is 1. The maximum absolute atomic E-state index is 10.2. The van der Waals surface area contributed by atoms with Crippen LogP contribution in [0, 0.1) is 5.92 Å². The molecular formula is C12H22O2S2. The Hall–Kier alpha value is 0.330. The van der Waals surface area contributed by atoms with Gasteiger partial charge in [0.1, 0.15) is 12.4 Å². The molecule has 1 unspecified atom stereocenters. The number of carbonyl (C=O) groups excluding carboxylic acids is 1. The maximum atomic E-state index is 10.2. The van der Waals surface area contributed by atoms with Crippen LogP contribution in [0.5, 0.6) is 0 Å². The van der Waals surface area contributed by atoms with E-state index in [1.54, 1.807) is 0 Å². The molecule has 0 aromatic heterocycles. The Morgan fingerprint density at radius 2 is 1.56 bits per heavy atom. The average Bonchev–Trinajstić information content (AvgIpc) is 2.41. The highest BCUT2D eigenvalue weighted by molar-refractivity contribution is 8.76. The summed E-state index contributed by atoms with van der Waals surface area (Å²) in [5, 5.41) is 9.11. The standard InChI is InChI=1S/C8H14O2.C4H8S2/c9-6-8(10)7-4-2-1-3-5-7;1-2-4-6-5-3-1/h6-8,10H,1-5H2;1-4H2. The van der Waals surface area contributed by atoms with Gasteiger partial charge in [-0.25, -0.2) is 0 Å². The van der Waals surface area contributed by atoms with Crippen LogP contribution in [0.4, 0.5) is 0 Å². The van der Waals surface area contributed by atoms with Gasteiger partial charge in [-0.3, -0.25) is 0 Å². The Bertz CT molecular complexity index is 166. The predicted molar refractivity (Wildman–Crippen MR) is 72.8 cm³/mol. The van der Waals surface area contributed by atoms with E-state index in [1.165, 1.54) is 43.6 Å². The van der Waals surface area contributed by atoms with Gasteiger partial charge < -0.3 is 9.90 Å². The second-order valence-electron chi connectivity index (χ2n) is 4.38. The third-order valence-corrected chi connectivity index (χ3v) is 5.64. The van der Waals surface area contributed by atoms with Crippen LogP contribution in [0.3, 0.4) is 0 Å². The zero-order valence-corrected chi connectivity index (χ0v) is 11.4. The van der Waals surface area contributed by atoms with E-state index in [9.17, 15) is 4.79 Å². The monoisotopic (exact) mass is 262 g/mol. The summed E-state index contributed by atoms with van der Waals surface area (Å²) in [5.41, 5.74) is 0. The molecule has 1 N–H and O–H groups in total. The fourth-order valence-electron chi connectivity index (χ4n) is 2.03. The predicted octanol–water partition coefficient (Wildman–Crippen LogP) is 3.29. The van der Waals surface area contributed by atoms with Gasteiger partial charge in [0.15, 0.2) is 0 Å². The summed E-state index contributed by atoms with van der Waals surface area (Å²) in [6.45, 7) is 0. The lowest BCUT2D eigenvalue weighted by atomic mass is 9.86. The van der Waals surface area contributed by atoms with Crippen molar-refractivity contribution in [3.05, 3.63) is 0 Å². The quantitative estimate of drug-likeness (QED) is 0.612. The minimum Gasteiger partial charge on any atom is -0.385 e. The van der Waals surface area contributed by atoms with E-state index < -0.39 is 6.10 Å². The van der Waals surface area contributed by atoms with E-state index in [-0.39, 0.29) is 5.92 Å². The van der Waals surface area contributed by atoms with Crippen molar-refractivity contribution in [1.29, 1.82) is 0 Å². The molecule has 1 atom stereocenters. The highest BCUT2D eigenvalue weighted by Gasteiger charge is 2.20. The van der Waals surface area contributed by atoms with Crippen molar-refractivity contribution in [3.8, 4) is 0 Å². The molecule has 1 aliphatic carbocycles. The van der Waals surface area contributed by atoms with Crippen molar-refractivity contribution in [3.63, 3.8) is 0 Å². The van der Waals surface area contributed by atoms with Crippen LogP contribution in [-0.4, -0.2) is 29.0 Å². The summed E-state index contributed by atoms with van der Waals surface area (Å²) in [4.78, 5) is 10.2. The highest BCUT2D eigenvalue weighted by Crippen LogP contribution is 2.28. The highest BCUT2D eigenvalue weighted by atomic mass is 33.1. The van der Waals surface area contributed by atoms with Gasteiger partial charge in [0.25, 0.3) is 0 Å². The van der Waals surface area contributed by atoms with Crippen LogP contribution >= 0.6 is 21.6 Å². The van der Waals surface area contributed by atoms with Gasteiger partial charge in [0.2, 0.25) is 0 Å². The van der Waals surface area contributed by atoms with Crippen molar-refractivity contribution in [2.45, 2.75) is 51.0 Å². The summed E-state index contributed by atoms with van der Waals surface area (Å²) in [6.07, 6.45) is 8.53. The number of rotatable bonds is 2. The van der Waals surface area contributed by atoms with Crippen LogP contribution in [0.2, 0.25) is 0 Å². The molecular weight excluding hydrogens is 240 g/mol. The van der Waals surface area contributed by atoms with Gasteiger partial charge in [-0.2, -0.15) is 0 Å². The SMILES string of the molecule is C1CCSSC1.O=CC(O)C1CCCCC1. The van der Waals surface area contributed by atoms with Crippen LogP contribution < -0.4 is 0 Å². The minimum absolute atomic E-state index is 0.256. The second-order valence-corrected chi connectivity index (χ2v) is 7.08. The van der Waals surface area contributed by atoms with E-state index in [1.807, 2.05) is 21.6 Å². The van der Waals surface area contributed by atoms with E-state index in [0.717, 1.165) is 12.8 Å². The van der Waals surface area contributed by atoms with E-state index in [2.05, 4.69) is 0 Å². The lowest BCUT2D eigenvalue weighted by molar-refractivity contribution is -0.117. The van der Waals surface area contributed by atoms with Gasteiger partial charge in [-0.15, -0.1) is 0 Å². The summed E-state index contributed by atoms with van der Waals surface area (Å²) in [7, 11) is 4.02. The molecule has 4 heteroatoms. The molecule has 2 rings (SSSR count). The first-order chi connectivity index (χ1) is 7.84. The Morgan fingerprint density at radius 3 is 1.94 bits per heavy atom. The van der Waals surface area contributed by atoms with Gasteiger partial charge in [0, 0.05) is 11.5 Å². The fraction of sp³-hybridized carbons (Fsp3) is 0.917. The molecule has 0 bridgehead atoms. The van der Waals surface area contributed by atoms with Crippen molar-refractivity contribution < 1.29 is 9.90 Å². The molecule has 0 aromatic carbocycles. The summed E-state index contributed by atoms with van der Waals surface area (Å²) in [6, 6.07) is 0. The molecule has 2 aliphatic rings. The number of aliphatic hydroxyl groups is 1. The van der Waals surface area contributed by atoms with Gasteiger partial charge in [-0.1, -0.05) is 40.9 Å².